The molecule has 13 nitrogen and oxygen atoms in total. The van der Waals surface area contributed by atoms with Gasteiger partial charge in [0.2, 0.25) is 17.7 Å². The molecule has 0 aliphatic carbocycles. The highest BCUT2D eigenvalue weighted by atomic mass is 35.5. The maximum absolute atomic E-state index is 13.7. The van der Waals surface area contributed by atoms with E-state index < -0.39 is 35.4 Å². The maximum atomic E-state index is 13.7. The number of hydrogen-bond donors (Lipinski definition) is 5. The van der Waals surface area contributed by atoms with E-state index in [9.17, 15) is 14.4 Å². The number of amides is 3. The fourth-order valence-corrected chi connectivity index (χ4v) is 6.06. The van der Waals surface area contributed by atoms with Gasteiger partial charge in [-0.3, -0.25) is 24.7 Å². The summed E-state index contributed by atoms with van der Waals surface area (Å²) in [7, 11) is 3.22. The third kappa shape index (κ3) is 8.84. The van der Waals surface area contributed by atoms with E-state index in [0.29, 0.717) is 51.9 Å². The second kappa shape index (κ2) is 16.2. The normalized spacial score (nSPS) is 15.6. The number of nitrogens with one attached hydrogen (secondary N) is 5. The number of ether oxygens (including phenoxy) is 2. The van der Waals surface area contributed by atoms with E-state index in [4.69, 9.17) is 21.1 Å². The van der Waals surface area contributed by atoms with Gasteiger partial charge < -0.3 is 30.7 Å². The van der Waals surface area contributed by atoms with Crippen molar-refractivity contribution in [1.29, 1.82) is 0 Å². The molecular weight excluding hydrogens is 660 g/mol. The van der Waals surface area contributed by atoms with E-state index in [-0.39, 0.29) is 18.9 Å². The van der Waals surface area contributed by atoms with E-state index >= 15 is 0 Å². The Bertz CT molecular complexity index is 1830. The monoisotopic (exact) mass is 702 g/mol. The number of fused-ring (bicyclic) bond motifs is 1. The summed E-state index contributed by atoms with van der Waals surface area (Å²) in [5.74, 6) is 0.224. The van der Waals surface area contributed by atoms with Gasteiger partial charge in [0.15, 0.2) is 0 Å². The predicted molar refractivity (Wildman–Crippen MR) is 192 cm³/mol. The Hall–Kier alpha value is -4.85. The van der Waals surface area contributed by atoms with Crippen molar-refractivity contribution in [2.24, 2.45) is 5.41 Å². The van der Waals surface area contributed by atoms with Gasteiger partial charge in [-0.15, -0.1) is 0 Å². The van der Waals surface area contributed by atoms with Crippen molar-refractivity contribution in [1.82, 2.24) is 36.2 Å². The van der Waals surface area contributed by atoms with E-state index in [0.717, 1.165) is 17.7 Å². The van der Waals surface area contributed by atoms with Crippen molar-refractivity contribution < 1.29 is 23.9 Å². The van der Waals surface area contributed by atoms with Crippen LogP contribution in [0.5, 0.6) is 11.5 Å². The van der Waals surface area contributed by atoms with Crippen molar-refractivity contribution >= 4 is 51.7 Å². The lowest BCUT2D eigenvalue weighted by atomic mass is 9.77. The first-order valence-electron chi connectivity index (χ1n) is 16.5. The number of carbonyl (C=O) groups excluding carboxylic acids is 3. The van der Waals surface area contributed by atoms with Crippen molar-refractivity contribution in [3.05, 3.63) is 77.3 Å². The van der Waals surface area contributed by atoms with Crippen molar-refractivity contribution in [3.63, 3.8) is 0 Å². The van der Waals surface area contributed by atoms with Gasteiger partial charge in [0.1, 0.15) is 36.3 Å². The molecule has 2 aromatic heterocycles. The number of pyridine rings is 1. The number of rotatable bonds is 14. The van der Waals surface area contributed by atoms with Crippen molar-refractivity contribution in [3.8, 4) is 11.5 Å². The lowest BCUT2D eigenvalue weighted by molar-refractivity contribution is -0.137. The average Bonchev–Trinajstić information content (AvgIpc) is 3.65. The minimum Gasteiger partial charge on any atom is -0.496 e. The molecule has 5 N–H and O–H groups in total. The van der Waals surface area contributed by atoms with Crippen LogP contribution in [0, 0.1) is 5.41 Å². The first-order valence-corrected chi connectivity index (χ1v) is 16.8. The number of aromatic nitrogens is 3. The molecule has 2 aromatic carbocycles. The van der Waals surface area contributed by atoms with Crippen LogP contribution in [-0.2, 0) is 27.4 Å². The Kier molecular flexibility index (Phi) is 11.8. The zero-order valence-electron chi connectivity index (χ0n) is 28.8. The van der Waals surface area contributed by atoms with Crippen LogP contribution in [0.15, 0.2) is 61.1 Å². The number of carbonyl (C=O) groups is 3. The van der Waals surface area contributed by atoms with E-state index in [1.165, 1.54) is 6.33 Å². The number of benzene rings is 2. The summed E-state index contributed by atoms with van der Waals surface area (Å²) < 4.78 is 11.6. The van der Waals surface area contributed by atoms with Crippen LogP contribution < -0.4 is 36.1 Å². The van der Waals surface area contributed by atoms with Gasteiger partial charge in [-0.25, -0.2) is 9.97 Å². The topological polar surface area (TPSA) is 168 Å². The first kappa shape index (κ1) is 36.4. The Labute approximate surface area is 296 Å². The highest BCUT2D eigenvalue weighted by Gasteiger charge is 2.39. The number of nitrogens with zero attached hydrogens (tertiary/aromatic N) is 3. The molecule has 0 bridgehead atoms. The molecule has 4 aromatic rings. The molecule has 264 valence electrons. The Morgan fingerprint density at radius 2 is 1.88 bits per heavy atom. The summed E-state index contributed by atoms with van der Waals surface area (Å²) in [5, 5.41) is 15.9. The van der Waals surface area contributed by atoms with Gasteiger partial charge in [-0.05, 0) is 87.2 Å². The fraction of sp³-hybridized carbons (Fsp3) is 0.389. The Morgan fingerprint density at radius 3 is 2.56 bits per heavy atom. The summed E-state index contributed by atoms with van der Waals surface area (Å²) in [4.78, 5) is 52.9. The van der Waals surface area contributed by atoms with Crippen LogP contribution in [0.4, 0.5) is 11.5 Å². The number of halogens is 1. The zero-order chi connectivity index (χ0) is 35.8. The number of hydrogen-bond acceptors (Lipinski definition) is 11. The van der Waals surface area contributed by atoms with Crippen LogP contribution in [0.1, 0.15) is 44.9 Å². The second-order valence-corrected chi connectivity index (χ2v) is 13.3. The highest BCUT2D eigenvalue weighted by molar-refractivity contribution is 6.32. The van der Waals surface area contributed by atoms with Crippen LogP contribution >= 0.6 is 11.6 Å². The molecule has 1 aliphatic rings. The van der Waals surface area contributed by atoms with Gasteiger partial charge in [0.25, 0.3) is 0 Å². The molecule has 5 rings (SSSR count). The number of likely N-dealkylation sites (N-methyl/N-ethyl adjacent to an activating group) is 1. The number of methoxy groups -OCH3 is 1. The Balaban J connectivity index is 1.40. The molecule has 3 heterocycles. The standard InChI is InChI=1S/C36H43ClN8O5/c1-21(38-4)33(46)44-31(35(48)45-34(47)27-10-8-14-40-27)36(2,3)18-22-15-25-28(17-30(22)49-5)41-20-42-32(25)43-23-11-12-29(26(37)16-23)50-19-24-9-6-7-13-39-24/h6-7,9,11-13,15-17,20-21,27,31,38,40H,8,10,14,18-19H2,1-5H3,(H,44,46)(H,41,42,43)(H,45,47,48)/t21-,27-,31+/m0/s1. The lowest BCUT2D eigenvalue weighted by Crippen LogP contribution is -2.59. The first-order chi connectivity index (χ1) is 24.0. The predicted octanol–water partition coefficient (Wildman–Crippen LogP) is 4.07. The van der Waals surface area contributed by atoms with Crippen molar-refractivity contribution in [2.45, 2.75) is 64.8 Å². The third-order valence-electron chi connectivity index (χ3n) is 8.76. The summed E-state index contributed by atoms with van der Waals surface area (Å²) >= 11 is 6.58. The molecule has 14 heteroatoms. The summed E-state index contributed by atoms with van der Waals surface area (Å²) in [6.45, 7) is 6.41. The molecule has 0 spiro atoms. The largest absolute Gasteiger partial charge is 0.496 e. The van der Waals surface area contributed by atoms with Gasteiger partial charge in [-0.1, -0.05) is 31.5 Å². The Morgan fingerprint density at radius 1 is 1.06 bits per heavy atom. The number of imide groups is 1. The SMILES string of the molecule is CN[C@@H](C)C(=O)N[C@H](C(=O)NC(=O)[C@@H]1CCCN1)C(C)(C)Cc1cc2c(Nc3ccc(OCc4ccccn4)c(Cl)c3)ncnc2cc1OC. The second-order valence-electron chi connectivity index (χ2n) is 12.9. The summed E-state index contributed by atoms with van der Waals surface area (Å²) in [5.41, 5.74) is 1.94. The molecule has 3 amide bonds. The molecule has 1 saturated heterocycles. The van der Waals surface area contributed by atoms with E-state index in [2.05, 4.69) is 41.5 Å². The maximum Gasteiger partial charge on any atom is 0.249 e. The van der Waals surface area contributed by atoms with Gasteiger partial charge in [0.05, 0.1) is 35.4 Å². The lowest BCUT2D eigenvalue weighted by Gasteiger charge is -2.35. The number of anilines is 2. The van der Waals surface area contributed by atoms with Gasteiger partial charge >= 0.3 is 0 Å². The quantitative estimate of drug-likeness (QED) is 0.129. The molecule has 0 radical (unpaired) electrons. The fourth-order valence-electron chi connectivity index (χ4n) is 5.82. The molecule has 3 atom stereocenters. The third-order valence-corrected chi connectivity index (χ3v) is 9.06. The summed E-state index contributed by atoms with van der Waals surface area (Å²) in [6, 6.07) is 12.6. The van der Waals surface area contributed by atoms with Gasteiger partial charge in [-0.2, -0.15) is 0 Å². The van der Waals surface area contributed by atoms with Crippen LogP contribution in [0.3, 0.4) is 0 Å². The highest BCUT2D eigenvalue weighted by Crippen LogP contribution is 2.36. The minimum absolute atomic E-state index is 0.277. The smallest absolute Gasteiger partial charge is 0.249 e. The van der Waals surface area contributed by atoms with E-state index in [1.807, 2.05) is 44.2 Å². The molecule has 1 fully saturated rings. The van der Waals surface area contributed by atoms with Crippen LogP contribution in [0.25, 0.3) is 10.9 Å². The zero-order valence-corrected chi connectivity index (χ0v) is 29.6. The van der Waals surface area contributed by atoms with Crippen LogP contribution in [-0.4, -0.2) is 71.5 Å². The average molecular weight is 703 g/mol. The van der Waals surface area contributed by atoms with Gasteiger partial charge in [0, 0.05) is 23.3 Å². The summed E-state index contributed by atoms with van der Waals surface area (Å²) in [6.07, 6.45) is 4.93. The van der Waals surface area contributed by atoms with Crippen LogP contribution in [0.2, 0.25) is 5.02 Å². The molecule has 0 saturated carbocycles. The molecule has 1 aliphatic heterocycles. The molecular formula is C36H43ClN8O5. The minimum atomic E-state index is -1.05. The molecule has 0 unspecified atom stereocenters. The van der Waals surface area contributed by atoms with Crippen molar-refractivity contribution in [2.75, 3.05) is 26.0 Å². The van der Waals surface area contributed by atoms with E-state index in [1.54, 1.807) is 45.5 Å². The molecule has 50 heavy (non-hydrogen) atoms.